The second kappa shape index (κ2) is 4.41. The first-order valence-electron chi connectivity index (χ1n) is 4.76. The van der Waals surface area contributed by atoms with Crippen molar-refractivity contribution in [3.05, 3.63) is 41.6 Å². The molecule has 0 aliphatic heterocycles. The van der Waals surface area contributed by atoms with Crippen molar-refractivity contribution in [1.82, 2.24) is 4.98 Å². The van der Waals surface area contributed by atoms with E-state index in [0.717, 1.165) is 11.3 Å². The quantitative estimate of drug-likeness (QED) is 0.869. The Balaban J connectivity index is 2.41. The average molecular weight is 235 g/mol. The van der Waals surface area contributed by atoms with Crippen LogP contribution < -0.4 is 10.5 Å². The number of pyridine rings is 1. The fraction of sp³-hybridized carbons (Fsp3) is 0.0833. The first-order valence-corrected chi connectivity index (χ1v) is 5.14. The normalized spacial score (nSPS) is 10.1. The van der Waals surface area contributed by atoms with Crippen LogP contribution in [-0.2, 0) is 0 Å². The standard InChI is InChI=1S/C12H11ClN2O/c1-16-12-7-15-11(6-10(12)14)8-2-4-9(13)5-3-8/h2-7H,1H3,(H2,14,15). The fourth-order valence-corrected chi connectivity index (χ4v) is 1.53. The van der Waals surface area contributed by atoms with E-state index in [4.69, 9.17) is 22.1 Å². The number of methoxy groups -OCH3 is 1. The van der Waals surface area contributed by atoms with Gasteiger partial charge in [-0.2, -0.15) is 0 Å². The molecule has 0 spiro atoms. The number of nitrogens with two attached hydrogens (primary N) is 1. The second-order valence-corrected chi connectivity index (χ2v) is 3.75. The van der Waals surface area contributed by atoms with E-state index in [-0.39, 0.29) is 0 Å². The third-order valence-corrected chi connectivity index (χ3v) is 2.51. The number of nitrogens with zero attached hydrogens (tertiary/aromatic N) is 1. The average Bonchev–Trinajstić information content (AvgIpc) is 2.30. The molecule has 0 unspecified atom stereocenters. The number of hydrogen-bond acceptors (Lipinski definition) is 3. The summed E-state index contributed by atoms with van der Waals surface area (Å²) in [6, 6.07) is 9.22. The molecule has 0 saturated heterocycles. The smallest absolute Gasteiger partial charge is 0.160 e. The van der Waals surface area contributed by atoms with Gasteiger partial charge in [0.2, 0.25) is 0 Å². The maximum absolute atomic E-state index is 5.81. The van der Waals surface area contributed by atoms with E-state index in [1.54, 1.807) is 19.4 Å². The summed E-state index contributed by atoms with van der Waals surface area (Å²) in [6.07, 6.45) is 1.61. The predicted molar refractivity (Wildman–Crippen MR) is 65.6 cm³/mol. The molecular formula is C12H11ClN2O. The van der Waals surface area contributed by atoms with Gasteiger partial charge in [0.05, 0.1) is 24.7 Å². The zero-order valence-corrected chi connectivity index (χ0v) is 9.53. The molecule has 0 fully saturated rings. The van der Waals surface area contributed by atoms with Gasteiger partial charge in [0, 0.05) is 10.6 Å². The summed E-state index contributed by atoms with van der Waals surface area (Å²) in [5, 5.41) is 0.699. The maximum Gasteiger partial charge on any atom is 0.160 e. The van der Waals surface area contributed by atoms with Crippen molar-refractivity contribution in [3.63, 3.8) is 0 Å². The molecule has 16 heavy (non-hydrogen) atoms. The molecule has 1 aromatic carbocycles. The number of aromatic nitrogens is 1. The van der Waals surface area contributed by atoms with E-state index in [1.807, 2.05) is 24.3 Å². The van der Waals surface area contributed by atoms with Gasteiger partial charge in [-0.25, -0.2) is 0 Å². The Bertz CT molecular complexity index is 497. The van der Waals surface area contributed by atoms with Crippen LogP contribution >= 0.6 is 11.6 Å². The van der Waals surface area contributed by atoms with E-state index >= 15 is 0 Å². The summed E-state index contributed by atoms with van der Waals surface area (Å²) in [5.41, 5.74) is 8.15. The van der Waals surface area contributed by atoms with Crippen LogP contribution in [0.3, 0.4) is 0 Å². The maximum atomic E-state index is 5.81. The van der Waals surface area contributed by atoms with Crippen molar-refractivity contribution in [2.75, 3.05) is 12.8 Å². The molecule has 1 heterocycles. The molecule has 4 heteroatoms. The Hall–Kier alpha value is -1.74. The molecule has 82 valence electrons. The highest BCUT2D eigenvalue weighted by Crippen LogP contribution is 2.26. The predicted octanol–water partition coefficient (Wildman–Crippen LogP) is 2.99. The zero-order valence-electron chi connectivity index (χ0n) is 8.77. The van der Waals surface area contributed by atoms with Crippen LogP contribution in [0.25, 0.3) is 11.3 Å². The molecule has 0 amide bonds. The zero-order chi connectivity index (χ0) is 11.5. The molecule has 1 aromatic heterocycles. The van der Waals surface area contributed by atoms with Crippen molar-refractivity contribution in [3.8, 4) is 17.0 Å². The minimum atomic E-state index is 0.572. The number of halogens is 1. The Morgan fingerprint density at radius 1 is 1.25 bits per heavy atom. The van der Waals surface area contributed by atoms with E-state index in [2.05, 4.69) is 4.98 Å². The number of anilines is 1. The lowest BCUT2D eigenvalue weighted by atomic mass is 10.1. The summed E-state index contributed by atoms with van der Waals surface area (Å²) in [6.45, 7) is 0. The van der Waals surface area contributed by atoms with Gasteiger partial charge in [0.25, 0.3) is 0 Å². The van der Waals surface area contributed by atoms with Gasteiger partial charge in [-0.1, -0.05) is 23.7 Å². The van der Waals surface area contributed by atoms with Gasteiger partial charge < -0.3 is 10.5 Å². The fourth-order valence-electron chi connectivity index (χ4n) is 1.41. The summed E-state index contributed by atoms with van der Waals surface area (Å²) >= 11 is 5.81. The van der Waals surface area contributed by atoms with Crippen LogP contribution in [0.1, 0.15) is 0 Å². The first kappa shape index (κ1) is 10.8. The van der Waals surface area contributed by atoms with Crippen LogP contribution in [-0.4, -0.2) is 12.1 Å². The van der Waals surface area contributed by atoms with Gasteiger partial charge in [-0.05, 0) is 18.2 Å². The minimum Gasteiger partial charge on any atom is -0.493 e. The van der Waals surface area contributed by atoms with Gasteiger partial charge in [0.1, 0.15) is 0 Å². The molecular weight excluding hydrogens is 224 g/mol. The molecule has 0 atom stereocenters. The molecule has 0 radical (unpaired) electrons. The Kier molecular flexibility index (Phi) is 2.97. The number of rotatable bonds is 2. The number of hydrogen-bond donors (Lipinski definition) is 1. The van der Waals surface area contributed by atoms with Crippen LogP contribution in [0.2, 0.25) is 5.02 Å². The molecule has 2 N–H and O–H groups in total. The summed E-state index contributed by atoms with van der Waals surface area (Å²) in [4.78, 5) is 4.26. The van der Waals surface area contributed by atoms with E-state index < -0.39 is 0 Å². The lowest BCUT2D eigenvalue weighted by Crippen LogP contribution is -1.94. The lowest BCUT2D eigenvalue weighted by Gasteiger charge is -2.06. The van der Waals surface area contributed by atoms with Crippen LogP contribution in [0.15, 0.2) is 36.5 Å². The third-order valence-electron chi connectivity index (χ3n) is 2.26. The number of nitrogen functional groups attached to an aromatic ring is 1. The highest BCUT2D eigenvalue weighted by atomic mass is 35.5. The molecule has 3 nitrogen and oxygen atoms in total. The van der Waals surface area contributed by atoms with Crippen molar-refractivity contribution in [2.45, 2.75) is 0 Å². The molecule has 2 aromatic rings. The van der Waals surface area contributed by atoms with Gasteiger partial charge in [-0.3, -0.25) is 4.98 Å². The molecule has 0 aliphatic rings. The summed E-state index contributed by atoms with van der Waals surface area (Å²) in [7, 11) is 1.56. The summed E-state index contributed by atoms with van der Waals surface area (Å²) in [5.74, 6) is 0.581. The van der Waals surface area contributed by atoms with Gasteiger partial charge >= 0.3 is 0 Å². The first-order chi connectivity index (χ1) is 7.70. The van der Waals surface area contributed by atoms with E-state index in [9.17, 15) is 0 Å². The van der Waals surface area contributed by atoms with Crippen molar-refractivity contribution in [1.29, 1.82) is 0 Å². The molecule has 0 aliphatic carbocycles. The van der Waals surface area contributed by atoms with E-state index in [1.165, 1.54) is 0 Å². The SMILES string of the molecule is COc1cnc(-c2ccc(Cl)cc2)cc1N. The lowest BCUT2D eigenvalue weighted by molar-refractivity contribution is 0.415. The minimum absolute atomic E-state index is 0.572. The third kappa shape index (κ3) is 2.09. The molecule has 0 bridgehead atoms. The van der Waals surface area contributed by atoms with Crippen molar-refractivity contribution >= 4 is 17.3 Å². The molecule has 0 saturated carbocycles. The molecule has 2 rings (SSSR count). The Labute approximate surface area is 98.8 Å². The van der Waals surface area contributed by atoms with Crippen molar-refractivity contribution in [2.24, 2.45) is 0 Å². The van der Waals surface area contributed by atoms with Crippen molar-refractivity contribution < 1.29 is 4.74 Å². The monoisotopic (exact) mass is 234 g/mol. The van der Waals surface area contributed by atoms with Crippen LogP contribution in [0.5, 0.6) is 5.75 Å². The van der Waals surface area contributed by atoms with Crippen LogP contribution in [0.4, 0.5) is 5.69 Å². The van der Waals surface area contributed by atoms with E-state index in [0.29, 0.717) is 16.5 Å². The second-order valence-electron chi connectivity index (χ2n) is 3.32. The number of benzene rings is 1. The van der Waals surface area contributed by atoms with Crippen LogP contribution in [0, 0.1) is 0 Å². The number of ether oxygens (including phenoxy) is 1. The highest BCUT2D eigenvalue weighted by molar-refractivity contribution is 6.30. The summed E-state index contributed by atoms with van der Waals surface area (Å²) < 4.78 is 5.05. The largest absolute Gasteiger partial charge is 0.493 e. The highest BCUT2D eigenvalue weighted by Gasteiger charge is 2.04. The Morgan fingerprint density at radius 2 is 1.94 bits per heavy atom. The van der Waals surface area contributed by atoms with Gasteiger partial charge in [0.15, 0.2) is 5.75 Å². The topological polar surface area (TPSA) is 48.1 Å². The Morgan fingerprint density at radius 3 is 2.50 bits per heavy atom. The van der Waals surface area contributed by atoms with Gasteiger partial charge in [-0.15, -0.1) is 0 Å².